The van der Waals surface area contributed by atoms with E-state index in [1.165, 1.54) is 0 Å². The quantitative estimate of drug-likeness (QED) is 0.746. The molecule has 0 saturated carbocycles. The van der Waals surface area contributed by atoms with Gasteiger partial charge >= 0.3 is 0 Å². The van der Waals surface area contributed by atoms with Crippen LogP contribution in [0.15, 0.2) is 6.20 Å². The van der Waals surface area contributed by atoms with E-state index in [1.54, 1.807) is 13.1 Å². The number of halogens is 1. The molecule has 1 heterocycles. The molecule has 0 bridgehead atoms. The van der Waals surface area contributed by atoms with Gasteiger partial charge in [-0.1, -0.05) is 0 Å². The van der Waals surface area contributed by atoms with Crippen molar-refractivity contribution in [3.8, 4) is 0 Å². The highest BCUT2D eigenvalue weighted by Crippen LogP contribution is 2.08. The maximum absolute atomic E-state index is 9.14. The molecule has 3 N–H and O–H groups in total. The van der Waals surface area contributed by atoms with Crippen molar-refractivity contribution in [2.24, 2.45) is 0 Å². The highest BCUT2D eigenvalue weighted by Gasteiger charge is 2.04. The summed E-state index contributed by atoms with van der Waals surface area (Å²) >= 11 is 0. The number of rotatable bonds is 4. The molecule has 0 aliphatic carbocycles. The molecule has 0 spiro atoms. The Bertz CT molecular complexity index is 238. The number of nitrogens with one attached hydrogen (secondary N) is 1. The molecular weight excluding hydrogens is 236 g/mol. The number of aromatic nitrogens is 2. The Labute approximate surface area is 87.8 Å². The number of hydrogen-bond acceptors (Lipinski definition) is 3. The lowest BCUT2D eigenvalue weighted by molar-refractivity contribution is 0.194. The van der Waals surface area contributed by atoms with Crippen LogP contribution in [0.1, 0.15) is 31.0 Å². The van der Waals surface area contributed by atoms with Gasteiger partial charge in [0.1, 0.15) is 5.82 Å². The maximum atomic E-state index is 9.14. The van der Waals surface area contributed by atoms with Crippen molar-refractivity contribution in [3.63, 3.8) is 0 Å². The van der Waals surface area contributed by atoms with E-state index in [-0.39, 0.29) is 23.6 Å². The van der Waals surface area contributed by atoms with Gasteiger partial charge in [-0.25, -0.2) is 4.98 Å². The molecule has 5 heteroatoms. The van der Waals surface area contributed by atoms with E-state index in [4.69, 9.17) is 10.2 Å². The Kier molecular flexibility index (Phi) is 5.94. The van der Waals surface area contributed by atoms with E-state index >= 15 is 0 Å². The average molecular weight is 251 g/mol. The van der Waals surface area contributed by atoms with Crippen LogP contribution in [0.2, 0.25) is 0 Å². The summed E-state index contributed by atoms with van der Waals surface area (Å²) < 4.78 is 0. The standard InChI is InChI=1S/C8H14N2O2.BrH/c1-6(12)7-5-9-8(10-7)3-2-4-11;/h5-6,11-12H,2-4H2,1H3,(H,9,10);1H. The summed E-state index contributed by atoms with van der Waals surface area (Å²) in [6, 6.07) is 0. The molecule has 0 aliphatic heterocycles. The molecule has 1 aromatic heterocycles. The zero-order chi connectivity index (χ0) is 8.97. The monoisotopic (exact) mass is 250 g/mol. The molecule has 13 heavy (non-hydrogen) atoms. The number of imidazole rings is 1. The second kappa shape index (κ2) is 6.12. The van der Waals surface area contributed by atoms with Crippen molar-refractivity contribution in [2.45, 2.75) is 25.9 Å². The zero-order valence-corrected chi connectivity index (χ0v) is 9.24. The summed E-state index contributed by atoms with van der Waals surface area (Å²) in [4.78, 5) is 7.02. The van der Waals surface area contributed by atoms with Crippen LogP contribution in [-0.2, 0) is 6.42 Å². The highest BCUT2D eigenvalue weighted by molar-refractivity contribution is 8.93. The van der Waals surface area contributed by atoms with E-state index < -0.39 is 6.10 Å². The van der Waals surface area contributed by atoms with E-state index in [2.05, 4.69) is 9.97 Å². The Morgan fingerprint density at radius 3 is 2.77 bits per heavy atom. The number of aromatic amines is 1. The van der Waals surface area contributed by atoms with Gasteiger partial charge in [-0.2, -0.15) is 0 Å². The van der Waals surface area contributed by atoms with E-state index in [0.717, 1.165) is 17.9 Å². The lowest BCUT2D eigenvalue weighted by Gasteiger charge is -1.97. The molecule has 0 aliphatic rings. The van der Waals surface area contributed by atoms with Crippen LogP contribution in [0.25, 0.3) is 0 Å². The van der Waals surface area contributed by atoms with Gasteiger partial charge in [-0.3, -0.25) is 0 Å². The molecule has 0 saturated heterocycles. The van der Waals surface area contributed by atoms with Gasteiger partial charge in [-0.15, -0.1) is 17.0 Å². The lowest BCUT2D eigenvalue weighted by atomic mass is 10.3. The van der Waals surface area contributed by atoms with Gasteiger partial charge in [0.25, 0.3) is 0 Å². The largest absolute Gasteiger partial charge is 0.396 e. The molecule has 0 radical (unpaired) electrons. The molecule has 76 valence electrons. The van der Waals surface area contributed by atoms with Crippen molar-refractivity contribution < 1.29 is 10.2 Å². The van der Waals surface area contributed by atoms with Gasteiger partial charge in [0, 0.05) is 13.0 Å². The smallest absolute Gasteiger partial charge is 0.106 e. The first-order chi connectivity index (χ1) is 5.74. The summed E-state index contributed by atoms with van der Waals surface area (Å²) in [7, 11) is 0. The predicted octanol–water partition coefficient (Wildman–Crippen LogP) is 0.966. The maximum Gasteiger partial charge on any atom is 0.106 e. The van der Waals surface area contributed by atoms with Gasteiger partial charge in [0.2, 0.25) is 0 Å². The van der Waals surface area contributed by atoms with Gasteiger partial charge in [0.05, 0.1) is 18.0 Å². The molecule has 4 nitrogen and oxygen atoms in total. The van der Waals surface area contributed by atoms with Crippen LogP contribution in [0.3, 0.4) is 0 Å². The first-order valence-corrected chi connectivity index (χ1v) is 4.06. The Balaban J connectivity index is 0.00000144. The van der Waals surface area contributed by atoms with Crippen molar-refractivity contribution >= 4 is 17.0 Å². The Morgan fingerprint density at radius 2 is 2.31 bits per heavy atom. The van der Waals surface area contributed by atoms with Gasteiger partial charge < -0.3 is 15.2 Å². The molecule has 0 amide bonds. The van der Waals surface area contributed by atoms with E-state index in [1.807, 2.05) is 0 Å². The zero-order valence-electron chi connectivity index (χ0n) is 7.53. The van der Waals surface area contributed by atoms with Crippen LogP contribution in [0.5, 0.6) is 0 Å². The Morgan fingerprint density at radius 1 is 1.62 bits per heavy atom. The average Bonchev–Trinajstić information content (AvgIpc) is 2.48. The van der Waals surface area contributed by atoms with Crippen LogP contribution >= 0.6 is 17.0 Å². The lowest BCUT2D eigenvalue weighted by Crippen LogP contribution is -1.94. The number of aryl methyl sites for hydroxylation is 1. The summed E-state index contributed by atoms with van der Waals surface area (Å²) in [5.41, 5.74) is 0.725. The van der Waals surface area contributed by atoms with E-state index in [0.29, 0.717) is 6.42 Å². The van der Waals surface area contributed by atoms with Crippen molar-refractivity contribution in [2.75, 3.05) is 6.61 Å². The van der Waals surface area contributed by atoms with Gasteiger partial charge in [-0.05, 0) is 13.3 Å². The first kappa shape index (κ1) is 12.6. The third-order valence-electron chi connectivity index (χ3n) is 1.67. The third kappa shape index (κ3) is 3.89. The second-order valence-corrected chi connectivity index (χ2v) is 2.79. The van der Waals surface area contributed by atoms with Gasteiger partial charge in [0.15, 0.2) is 0 Å². The normalized spacial score (nSPS) is 12.2. The molecular formula is C8H15BrN2O2. The molecule has 1 rings (SSSR count). The van der Waals surface area contributed by atoms with Crippen LogP contribution in [0.4, 0.5) is 0 Å². The number of aliphatic hydroxyl groups excluding tert-OH is 2. The van der Waals surface area contributed by atoms with Crippen LogP contribution in [0, 0.1) is 0 Å². The van der Waals surface area contributed by atoms with Crippen molar-refractivity contribution in [3.05, 3.63) is 17.7 Å². The van der Waals surface area contributed by atoms with Crippen LogP contribution in [-0.4, -0.2) is 26.8 Å². The first-order valence-electron chi connectivity index (χ1n) is 4.06. The summed E-state index contributed by atoms with van der Waals surface area (Å²) in [6.07, 6.45) is 2.55. The summed E-state index contributed by atoms with van der Waals surface area (Å²) in [6.45, 7) is 1.86. The molecule has 1 atom stereocenters. The summed E-state index contributed by atoms with van der Waals surface area (Å²) in [5.74, 6) is 0.819. The summed E-state index contributed by atoms with van der Waals surface area (Å²) in [5, 5.41) is 17.7. The minimum Gasteiger partial charge on any atom is -0.396 e. The molecule has 0 aromatic carbocycles. The SMILES string of the molecule is Br.CC(O)c1cnc(CCCO)[nH]1. The molecule has 0 fully saturated rings. The number of aliphatic hydroxyl groups is 2. The fourth-order valence-corrected chi connectivity index (χ4v) is 0.964. The number of hydrogen-bond donors (Lipinski definition) is 3. The fourth-order valence-electron chi connectivity index (χ4n) is 0.964. The molecule has 1 unspecified atom stereocenters. The fraction of sp³-hybridized carbons (Fsp3) is 0.625. The number of nitrogens with zero attached hydrogens (tertiary/aromatic N) is 1. The van der Waals surface area contributed by atoms with Crippen molar-refractivity contribution in [1.82, 2.24) is 9.97 Å². The number of H-pyrrole nitrogens is 1. The Hall–Kier alpha value is -0.390. The van der Waals surface area contributed by atoms with Crippen molar-refractivity contribution in [1.29, 1.82) is 0 Å². The third-order valence-corrected chi connectivity index (χ3v) is 1.67. The topological polar surface area (TPSA) is 69.1 Å². The molecule has 1 aromatic rings. The predicted molar refractivity (Wildman–Crippen MR) is 55.0 cm³/mol. The highest BCUT2D eigenvalue weighted by atomic mass is 79.9. The second-order valence-electron chi connectivity index (χ2n) is 2.79. The minimum atomic E-state index is -0.500. The minimum absolute atomic E-state index is 0. The van der Waals surface area contributed by atoms with Crippen LogP contribution < -0.4 is 0 Å². The van der Waals surface area contributed by atoms with E-state index in [9.17, 15) is 0 Å².